The summed E-state index contributed by atoms with van der Waals surface area (Å²) < 4.78 is 6.92. The maximum Gasteiger partial charge on any atom is 0.201 e. The van der Waals surface area contributed by atoms with Crippen molar-refractivity contribution in [1.82, 2.24) is 0 Å². The van der Waals surface area contributed by atoms with Crippen LogP contribution >= 0.6 is 27.5 Å². The molecule has 0 radical (unpaired) electrons. The second-order valence-electron chi connectivity index (χ2n) is 3.77. The normalized spacial score (nSPS) is 11.7. The molecule has 78 valence electrons. The van der Waals surface area contributed by atoms with E-state index in [1.807, 2.05) is 18.2 Å². The van der Waals surface area contributed by atoms with Gasteiger partial charge < -0.3 is 4.43 Å². The Morgan fingerprint density at radius 1 is 1.36 bits per heavy atom. The molecule has 1 rings (SSSR count). The highest BCUT2D eigenvalue weighted by Crippen LogP contribution is 2.18. The molecular weight excluding hydrogens is 280 g/mol. The van der Waals surface area contributed by atoms with E-state index in [0.717, 1.165) is 4.47 Å². The van der Waals surface area contributed by atoms with Crippen molar-refractivity contribution in [2.45, 2.75) is 19.7 Å². The van der Waals surface area contributed by atoms with Gasteiger partial charge in [-0.15, -0.1) is 11.6 Å². The molecule has 1 aromatic carbocycles. The Labute approximate surface area is 99.7 Å². The van der Waals surface area contributed by atoms with E-state index in [1.54, 1.807) is 0 Å². The van der Waals surface area contributed by atoms with Crippen LogP contribution in [0.25, 0.3) is 0 Å². The SMILES string of the molecule is C[Si](C)(CCl)OCc1ccccc1Br. The van der Waals surface area contributed by atoms with Gasteiger partial charge in [-0.05, 0) is 24.7 Å². The van der Waals surface area contributed by atoms with E-state index in [1.165, 1.54) is 5.56 Å². The van der Waals surface area contributed by atoms with E-state index in [0.29, 0.717) is 12.1 Å². The van der Waals surface area contributed by atoms with E-state index in [2.05, 4.69) is 35.1 Å². The summed E-state index contributed by atoms with van der Waals surface area (Å²) in [5, 5.41) is 0. The third kappa shape index (κ3) is 3.73. The summed E-state index contributed by atoms with van der Waals surface area (Å²) in [5.74, 6) is 0. The molecule has 0 aliphatic rings. The summed E-state index contributed by atoms with van der Waals surface area (Å²) >= 11 is 9.31. The van der Waals surface area contributed by atoms with Crippen LogP contribution in [0.3, 0.4) is 0 Å². The molecule has 1 nitrogen and oxygen atoms in total. The average Bonchev–Trinajstić information content (AvgIpc) is 2.17. The smallest absolute Gasteiger partial charge is 0.201 e. The molecule has 14 heavy (non-hydrogen) atoms. The zero-order valence-corrected chi connectivity index (χ0v) is 11.7. The molecule has 0 aliphatic carbocycles. The van der Waals surface area contributed by atoms with Crippen LogP contribution in [0.15, 0.2) is 28.7 Å². The molecule has 0 aromatic heterocycles. The molecule has 0 amide bonds. The van der Waals surface area contributed by atoms with Gasteiger partial charge >= 0.3 is 0 Å². The minimum Gasteiger partial charge on any atom is -0.412 e. The van der Waals surface area contributed by atoms with Gasteiger partial charge in [0.15, 0.2) is 0 Å². The van der Waals surface area contributed by atoms with Crippen molar-refractivity contribution in [1.29, 1.82) is 0 Å². The first-order chi connectivity index (χ1) is 6.55. The Balaban J connectivity index is 2.58. The molecular formula is C10H14BrClOSi. The topological polar surface area (TPSA) is 9.23 Å². The first kappa shape index (κ1) is 12.2. The minimum atomic E-state index is -1.64. The highest BCUT2D eigenvalue weighted by Gasteiger charge is 2.20. The van der Waals surface area contributed by atoms with Gasteiger partial charge in [-0.1, -0.05) is 34.1 Å². The number of halogens is 2. The summed E-state index contributed by atoms with van der Waals surface area (Å²) in [5.41, 5.74) is 1.82. The number of alkyl halides is 1. The van der Waals surface area contributed by atoms with Gasteiger partial charge in [-0.3, -0.25) is 0 Å². The van der Waals surface area contributed by atoms with Crippen molar-refractivity contribution >= 4 is 35.8 Å². The van der Waals surface area contributed by atoms with Crippen LogP contribution in [-0.4, -0.2) is 13.8 Å². The predicted octanol–water partition coefficient (Wildman–Crippen LogP) is 3.95. The van der Waals surface area contributed by atoms with E-state index >= 15 is 0 Å². The molecule has 0 aliphatic heterocycles. The van der Waals surface area contributed by atoms with E-state index in [-0.39, 0.29) is 0 Å². The summed E-state index contributed by atoms with van der Waals surface area (Å²) in [6.07, 6.45) is 0. The third-order valence-corrected chi connectivity index (χ3v) is 6.17. The Morgan fingerprint density at radius 3 is 2.57 bits per heavy atom. The molecule has 0 N–H and O–H groups in total. The van der Waals surface area contributed by atoms with Crippen molar-refractivity contribution < 1.29 is 4.43 Å². The Bertz CT molecular complexity index is 304. The summed E-state index contributed by atoms with van der Waals surface area (Å²) in [4.78, 5) is 0. The van der Waals surface area contributed by atoms with Crippen molar-refractivity contribution in [3.63, 3.8) is 0 Å². The lowest BCUT2D eigenvalue weighted by Gasteiger charge is -2.20. The second-order valence-corrected chi connectivity index (χ2v) is 9.50. The zero-order valence-electron chi connectivity index (χ0n) is 8.39. The van der Waals surface area contributed by atoms with E-state index in [9.17, 15) is 0 Å². The first-order valence-corrected chi connectivity index (χ1v) is 8.93. The molecule has 0 unspecified atom stereocenters. The van der Waals surface area contributed by atoms with Gasteiger partial charge in [-0.25, -0.2) is 0 Å². The molecule has 0 bridgehead atoms. The highest BCUT2D eigenvalue weighted by atomic mass is 79.9. The molecule has 4 heteroatoms. The lowest BCUT2D eigenvalue weighted by atomic mass is 10.2. The Morgan fingerprint density at radius 2 is 2.00 bits per heavy atom. The van der Waals surface area contributed by atoms with Crippen molar-refractivity contribution in [2.24, 2.45) is 0 Å². The fraction of sp³-hybridized carbons (Fsp3) is 0.400. The monoisotopic (exact) mass is 292 g/mol. The second kappa shape index (κ2) is 5.31. The maximum atomic E-state index is 5.82. The number of hydrogen-bond donors (Lipinski definition) is 0. The van der Waals surface area contributed by atoms with Gasteiger partial charge in [0, 0.05) is 9.98 Å². The van der Waals surface area contributed by atoms with Gasteiger partial charge in [0.25, 0.3) is 0 Å². The Kier molecular flexibility index (Phi) is 4.64. The minimum absolute atomic E-state index is 0.636. The van der Waals surface area contributed by atoms with Gasteiger partial charge in [0.1, 0.15) is 0 Å². The van der Waals surface area contributed by atoms with Crippen LogP contribution in [0.5, 0.6) is 0 Å². The van der Waals surface area contributed by atoms with Crippen LogP contribution in [-0.2, 0) is 11.0 Å². The lowest BCUT2D eigenvalue weighted by molar-refractivity contribution is 0.298. The third-order valence-electron chi connectivity index (χ3n) is 1.90. The summed E-state index contributed by atoms with van der Waals surface area (Å²) in [6, 6.07) is 8.09. The molecule has 0 heterocycles. The Hall–Kier alpha value is 0.167. The van der Waals surface area contributed by atoms with E-state index < -0.39 is 8.32 Å². The highest BCUT2D eigenvalue weighted by molar-refractivity contribution is 9.10. The fourth-order valence-electron chi connectivity index (χ4n) is 0.927. The van der Waals surface area contributed by atoms with Crippen LogP contribution in [0.1, 0.15) is 5.56 Å². The van der Waals surface area contributed by atoms with Crippen LogP contribution in [0.2, 0.25) is 13.1 Å². The molecule has 0 atom stereocenters. The number of hydrogen-bond acceptors (Lipinski definition) is 1. The number of benzene rings is 1. The van der Waals surface area contributed by atoms with Crippen molar-refractivity contribution in [2.75, 3.05) is 5.50 Å². The predicted molar refractivity (Wildman–Crippen MR) is 67.1 cm³/mol. The molecule has 0 saturated heterocycles. The quantitative estimate of drug-likeness (QED) is 0.603. The number of rotatable bonds is 4. The standard InChI is InChI=1S/C10H14BrClOSi/c1-14(2,8-12)13-7-9-5-3-4-6-10(9)11/h3-6H,7-8H2,1-2H3. The molecule has 0 spiro atoms. The fourth-order valence-corrected chi connectivity index (χ4v) is 2.18. The zero-order chi connectivity index (χ0) is 10.6. The average molecular weight is 294 g/mol. The van der Waals surface area contributed by atoms with Crippen LogP contribution in [0.4, 0.5) is 0 Å². The van der Waals surface area contributed by atoms with Crippen LogP contribution < -0.4 is 0 Å². The van der Waals surface area contributed by atoms with Crippen molar-refractivity contribution in [3.05, 3.63) is 34.3 Å². The lowest BCUT2D eigenvalue weighted by Crippen LogP contribution is -2.32. The maximum absolute atomic E-state index is 5.82. The van der Waals surface area contributed by atoms with Crippen molar-refractivity contribution in [3.8, 4) is 0 Å². The molecule has 0 saturated carbocycles. The first-order valence-electron chi connectivity index (χ1n) is 4.48. The summed E-state index contributed by atoms with van der Waals surface area (Å²) in [6.45, 7) is 4.89. The van der Waals surface area contributed by atoms with Gasteiger partial charge in [0.2, 0.25) is 8.32 Å². The van der Waals surface area contributed by atoms with E-state index in [4.69, 9.17) is 16.0 Å². The summed E-state index contributed by atoms with van der Waals surface area (Å²) in [7, 11) is -1.64. The largest absolute Gasteiger partial charge is 0.412 e. The van der Waals surface area contributed by atoms with Crippen LogP contribution in [0, 0.1) is 0 Å². The molecule has 1 aromatic rings. The van der Waals surface area contributed by atoms with Gasteiger partial charge in [-0.2, -0.15) is 0 Å². The van der Waals surface area contributed by atoms with Gasteiger partial charge in [0.05, 0.1) is 6.61 Å². The molecule has 0 fully saturated rings.